The third-order valence-corrected chi connectivity index (χ3v) is 2.15. The monoisotopic (exact) mass is 202 g/mol. The van der Waals surface area contributed by atoms with Gasteiger partial charge in [-0.05, 0) is 0 Å². The van der Waals surface area contributed by atoms with E-state index in [9.17, 15) is 4.79 Å². The van der Waals surface area contributed by atoms with Gasteiger partial charge in [0.1, 0.15) is 0 Å². The fourth-order valence-corrected chi connectivity index (χ4v) is 1.22. The maximum Gasteiger partial charge on any atom is 0.236 e. The molecule has 0 bridgehead atoms. The molecule has 1 fully saturated rings. The molecular formula is C10H22N2O2. The Balaban J connectivity index is 0.000000791. The Labute approximate surface area is 86.8 Å². The van der Waals surface area contributed by atoms with Crippen LogP contribution in [-0.2, 0) is 9.53 Å². The summed E-state index contributed by atoms with van der Waals surface area (Å²) >= 11 is 0. The lowest BCUT2D eigenvalue weighted by atomic mass is 10.3. The van der Waals surface area contributed by atoms with Gasteiger partial charge in [-0.3, -0.25) is 9.69 Å². The van der Waals surface area contributed by atoms with E-state index in [1.807, 2.05) is 20.9 Å². The summed E-state index contributed by atoms with van der Waals surface area (Å²) < 4.78 is 4.94. The Bertz CT molecular complexity index is 160. The van der Waals surface area contributed by atoms with Gasteiger partial charge in [-0.15, -0.1) is 0 Å². The van der Waals surface area contributed by atoms with Crippen molar-refractivity contribution in [2.24, 2.45) is 0 Å². The Morgan fingerprint density at radius 3 is 2.50 bits per heavy atom. The van der Waals surface area contributed by atoms with Crippen LogP contribution in [0.4, 0.5) is 0 Å². The number of piperazine rings is 1. The van der Waals surface area contributed by atoms with Gasteiger partial charge in [0.25, 0.3) is 0 Å². The van der Waals surface area contributed by atoms with Gasteiger partial charge < -0.3 is 9.64 Å². The number of carbonyl (C=O) groups excluding carboxylic acids is 1. The average Bonchev–Trinajstić information content (AvgIpc) is 2.23. The fourth-order valence-electron chi connectivity index (χ4n) is 1.22. The third kappa shape index (κ3) is 4.58. The summed E-state index contributed by atoms with van der Waals surface area (Å²) in [6, 6.07) is 0. The zero-order valence-corrected chi connectivity index (χ0v) is 9.75. The van der Waals surface area contributed by atoms with Crippen molar-refractivity contribution in [1.82, 2.24) is 9.80 Å². The minimum atomic E-state index is 0.206. The number of methoxy groups -OCH3 is 1. The largest absolute Gasteiger partial charge is 0.383 e. The van der Waals surface area contributed by atoms with Crippen molar-refractivity contribution in [2.75, 3.05) is 46.9 Å². The first kappa shape index (κ1) is 13.4. The molecule has 0 spiro atoms. The summed E-state index contributed by atoms with van der Waals surface area (Å²) in [5, 5.41) is 0. The molecule has 1 heterocycles. The number of amides is 1. The zero-order chi connectivity index (χ0) is 11.0. The number of hydrogen-bond donors (Lipinski definition) is 0. The van der Waals surface area contributed by atoms with E-state index in [-0.39, 0.29) is 5.91 Å². The molecule has 0 aromatic carbocycles. The van der Waals surface area contributed by atoms with E-state index in [1.165, 1.54) is 0 Å². The lowest BCUT2D eigenvalue weighted by Crippen LogP contribution is -2.49. The van der Waals surface area contributed by atoms with Crippen molar-refractivity contribution < 1.29 is 9.53 Å². The predicted molar refractivity (Wildman–Crippen MR) is 57.3 cm³/mol. The molecule has 0 aliphatic carbocycles. The van der Waals surface area contributed by atoms with Crippen LogP contribution < -0.4 is 0 Å². The van der Waals surface area contributed by atoms with E-state index in [0.717, 1.165) is 19.6 Å². The van der Waals surface area contributed by atoms with Crippen molar-refractivity contribution in [3.8, 4) is 0 Å². The van der Waals surface area contributed by atoms with Crippen molar-refractivity contribution in [3.63, 3.8) is 0 Å². The van der Waals surface area contributed by atoms with Crippen molar-refractivity contribution >= 4 is 5.91 Å². The molecule has 1 aliphatic rings. The smallest absolute Gasteiger partial charge is 0.236 e. The Morgan fingerprint density at radius 2 is 2.00 bits per heavy atom. The van der Waals surface area contributed by atoms with Crippen molar-refractivity contribution in [3.05, 3.63) is 0 Å². The third-order valence-electron chi connectivity index (χ3n) is 2.15. The molecule has 1 aliphatic heterocycles. The summed E-state index contributed by atoms with van der Waals surface area (Å²) in [6.45, 7) is 7.90. The summed E-state index contributed by atoms with van der Waals surface area (Å²) in [6.07, 6.45) is 0. The van der Waals surface area contributed by atoms with Crippen LogP contribution in [0.3, 0.4) is 0 Å². The first-order valence-electron chi connectivity index (χ1n) is 5.19. The molecule has 0 unspecified atom stereocenters. The SMILES string of the molecule is CC.COCCN1CCN(C)C(=O)C1. The highest BCUT2D eigenvalue weighted by Gasteiger charge is 2.19. The minimum Gasteiger partial charge on any atom is -0.383 e. The van der Waals surface area contributed by atoms with Gasteiger partial charge in [-0.25, -0.2) is 0 Å². The lowest BCUT2D eigenvalue weighted by molar-refractivity contribution is -0.134. The lowest BCUT2D eigenvalue weighted by Gasteiger charge is -2.31. The number of hydrogen-bond acceptors (Lipinski definition) is 3. The van der Waals surface area contributed by atoms with Gasteiger partial charge in [-0.1, -0.05) is 13.8 Å². The van der Waals surface area contributed by atoms with Crippen LogP contribution >= 0.6 is 0 Å². The van der Waals surface area contributed by atoms with Crippen molar-refractivity contribution in [2.45, 2.75) is 13.8 Å². The maximum absolute atomic E-state index is 11.2. The molecule has 1 rings (SSSR count). The van der Waals surface area contributed by atoms with Crippen LogP contribution in [0.1, 0.15) is 13.8 Å². The quantitative estimate of drug-likeness (QED) is 0.665. The second kappa shape index (κ2) is 7.76. The van der Waals surface area contributed by atoms with E-state index in [4.69, 9.17) is 4.74 Å². The molecule has 1 saturated heterocycles. The van der Waals surface area contributed by atoms with Crippen LogP contribution in [0.5, 0.6) is 0 Å². The Kier molecular flexibility index (Phi) is 7.42. The summed E-state index contributed by atoms with van der Waals surface area (Å²) in [7, 11) is 3.52. The topological polar surface area (TPSA) is 32.8 Å². The molecule has 0 N–H and O–H groups in total. The first-order valence-corrected chi connectivity index (χ1v) is 5.19. The highest BCUT2D eigenvalue weighted by Crippen LogP contribution is 1.99. The molecular weight excluding hydrogens is 180 g/mol. The first-order chi connectivity index (χ1) is 6.74. The standard InChI is InChI=1S/C8H16N2O2.C2H6/c1-9-3-4-10(5-6-12-2)7-8(9)11;1-2/h3-7H2,1-2H3;1-2H3. The predicted octanol–water partition coefficient (Wildman–Crippen LogP) is 0.433. The molecule has 1 amide bonds. The van der Waals surface area contributed by atoms with E-state index < -0.39 is 0 Å². The number of carbonyl (C=O) groups is 1. The zero-order valence-electron chi connectivity index (χ0n) is 9.75. The summed E-state index contributed by atoms with van der Waals surface area (Å²) in [5.41, 5.74) is 0. The van der Waals surface area contributed by atoms with Crippen LogP contribution in [-0.4, -0.2) is 62.7 Å². The molecule has 4 nitrogen and oxygen atoms in total. The highest BCUT2D eigenvalue weighted by molar-refractivity contribution is 5.78. The van der Waals surface area contributed by atoms with Crippen LogP contribution in [0.2, 0.25) is 0 Å². The molecule has 0 aromatic heterocycles. The molecule has 14 heavy (non-hydrogen) atoms. The number of likely N-dealkylation sites (N-methyl/N-ethyl adjacent to an activating group) is 1. The Hall–Kier alpha value is -0.610. The second-order valence-electron chi connectivity index (χ2n) is 3.08. The maximum atomic E-state index is 11.2. The molecule has 0 radical (unpaired) electrons. The van der Waals surface area contributed by atoms with Gasteiger partial charge >= 0.3 is 0 Å². The fraction of sp³-hybridized carbons (Fsp3) is 0.900. The Morgan fingerprint density at radius 1 is 1.36 bits per heavy atom. The summed E-state index contributed by atoms with van der Waals surface area (Å²) in [5.74, 6) is 0.206. The van der Waals surface area contributed by atoms with E-state index in [0.29, 0.717) is 13.2 Å². The van der Waals surface area contributed by atoms with E-state index >= 15 is 0 Å². The van der Waals surface area contributed by atoms with Crippen LogP contribution in [0.25, 0.3) is 0 Å². The van der Waals surface area contributed by atoms with Gasteiger partial charge in [0.05, 0.1) is 13.2 Å². The van der Waals surface area contributed by atoms with Crippen molar-refractivity contribution in [1.29, 1.82) is 0 Å². The number of ether oxygens (including phenoxy) is 1. The van der Waals surface area contributed by atoms with Crippen LogP contribution in [0, 0.1) is 0 Å². The van der Waals surface area contributed by atoms with Gasteiger partial charge in [0.15, 0.2) is 0 Å². The van der Waals surface area contributed by atoms with E-state index in [2.05, 4.69) is 4.90 Å². The molecule has 0 aromatic rings. The van der Waals surface area contributed by atoms with Gasteiger partial charge in [0, 0.05) is 33.8 Å². The van der Waals surface area contributed by atoms with Gasteiger partial charge in [-0.2, -0.15) is 0 Å². The average molecular weight is 202 g/mol. The summed E-state index contributed by atoms with van der Waals surface area (Å²) in [4.78, 5) is 15.1. The van der Waals surface area contributed by atoms with E-state index in [1.54, 1.807) is 12.0 Å². The molecule has 4 heteroatoms. The molecule has 0 saturated carbocycles. The van der Waals surface area contributed by atoms with Gasteiger partial charge in [0.2, 0.25) is 5.91 Å². The molecule has 84 valence electrons. The number of rotatable bonds is 3. The normalized spacial score (nSPS) is 17.7. The number of nitrogens with zero attached hydrogens (tertiary/aromatic N) is 2. The minimum absolute atomic E-state index is 0.206. The van der Waals surface area contributed by atoms with Crippen LogP contribution in [0.15, 0.2) is 0 Å². The molecule has 0 atom stereocenters. The highest BCUT2D eigenvalue weighted by atomic mass is 16.5. The second-order valence-corrected chi connectivity index (χ2v) is 3.08.